The van der Waals surface area contributed by atoms with Gasteiger partial charge in [-0.15, -0.1) is 0 Å². The molecular formula is C26H17BrClN3O4. The first kappa shape index (κ1) is 24.1. The lowest BCUT2D eigenvalue weighted by molar-refractivity contribution is -0.136. The highest BCUT2D eigenvalue weighted by Gasteiger charge is 2.15. The highest BCUT2D eigenvalue weighted by atomic mass is 79.9. The Labute approximate surface area is 213 Å². The van der Waals surface area contributed by atoms with Gasteiger partial charge < -0.3 is 10.1 Å². The summed E-state index contributed by atoms with van der Waals surface area (Å²) >= 11 is 9.19. The maximum absolute atomic E-state index is 12.6. The van der Waals surface area contributed by atoms with Gasteiger partial charge in [0.05, 0.1) is 11.8 Å². The molecule has 0 aliphatic rings. The van der Waals surface area contributed by atoms with E-state index in [1.54, 1.807) is 60.7 Å². The third-order valence-electron chi connectivity index (χ3n) is 4.88. The minimum atomic E-state index is -0.955. The molecule has 0 atom stereocenters. The van der Waals surface area contributed by atoms with Crippen molar-refractivity contribution in [1.82, 2.24) is 5.43 Å². The van der Waals surface area contributed by atoms with E-state index in [2.05, 4.69) is 31.8 Å². The van der Waals surface area contributed by atoms with Gasteiger partial charge in [0.25, 0.3) is 0 Å². The number of nitrogens with zero attached hydrogens (tertiary/aromatic N) is 1. The highest BCUT2D eigenvalue weighted by molar-refractivity contribution is 9.10. The molecule has 9 heteroatoms. The maximum Gasteiger partial charge on any atom is 0.343 e. The van der Waals surface area contributed by atoms with Crippen LogP contribution in [0.5, 0.6) is 5.75 Å². The van der Waals surface area contributed by atoms with Gasteiger partial charge in [0, 0.05) is 20.7 Å². The molecule has 0 saturated heterocycles. The van der Waals surface area contributed by atoms with Crippen LogP contribution >= 0.6 is 27.5 Å². The van der Waals surface area contributed by atoms with Crippen LogP contribution in [0, 0.1) is 0 Å². The van der Waals surface area contributed by atoms with Gasteiger partial charge in [0.1, 0.15) is 5.75 Å². The second kappa shape index (κ2) is 10.9. The molecule has 0 bridgehead atoms. The maximum atomic E-state index is 12.6. The van der Waals surface area contributed by atoms with E-state index in [0.29, 0.717) is 21.8 Å². The Morgan fingerprint density at radius 2 is 1.57 bits per heavy atom. The van der Waals surface area contributed by atoms with Crippen LogP contribution < -0.4 is 15.5 Å². The van der Waals surface area contributed by atoms with Crippen molar-refractivity contribution in [3.8, 4) is 5.75 Å². The Kier molecular flexibility index (Phi) is 7.54. The molecule has 7 nitrogen and oxygen atoms in total. The van der Waals surface area contributed by atoms with E-state index in [1.807, 2.05) is 24.3 Å². The summed E-state index contributed by atoms with van der Waals surface area (Å²) in [7, 11) is 0. The average Bonchev–Trinajstić information content (AvgIpc) is 2.86. The molecule has 4 rings (SSSR count). The minimum absolute atomic E-state index is 0.237. The van der Waals surface area contributed by atoms with E-state index >= 15 is 0 Å². The van der Waals surface area contributed by atoms with Gasteiger partial charge in [-0.2, -0.15) is 5.10 Å². The molecule has 0 aliphatic heterocycles. The van der Waals surface area contributed by atoms with E-state index in [0.717, 1.165) is 15.2 Å². The third kappa shape index (κ3) is 6.11. The molecule has 0 radical (unpaired) electrons. The normalized spacial score (nSPS) is 10.8. The zero-order chi connectivity index (χ0) is 24.8. The summed E-state index contributed by atoms with van der Waals surface area (Å²) in [6, 6.07) is 23.9. The van der Waals surface area contributed by atoms with E-state index < -0.39 is 17.8 Å². The number of amides is 2. The SMILES string of the molecule is O=C(NN=Cc1c(OC(=O)c2ccc(Cl)cc2)ccc2ccccc12)C(=O)Nc1ccc(Br)cc1. The molecule has 0 spiro atoms. The fraction of sp³-hybridized carbons (Fsp3) is 0. The van der Waals surface area contributed by atoms with Crippen LogP contribution in [0.1, 0.15) is 15.9 Å². The molecule has 0 unspecified atom stereocenters. The molecule has 0 aromatic heterocycles. The van der Waals surface area contributed by atoms with Gasteiger partial charge in [-0.05, 0) is 65.4 Å². The summed E-state index contributed by atoms with van der Waals surface area (Å²) in [6.45, 7) is 0. The Bertz CT molecular complexity index is 1440. The lowest BCUT2D eigenvalue weighted by Crippen LogP contribution is -2.32. The number of halogens is 2. The van der Waals surface area contributed by atoms with E-state index in [9.17, 15) is 14.4 Å². The van der Waals surface area contributed by atoms with Crippen LogP contribution in [0.2, 0.25) is 5.02 Å². The number of nitrogens with one attached hydrogen (secondary N) is 2. The Morgan fingerprint density at radius 1 is 0.857 bits per heavy atom. The quantitative estimate of drug-likeness (QED) is 0.112. The van der Waals surface area contributed by atoms with Gasteiger partial charge in [-0.1, -0.05) is 57.9 Å². The number of hydrazone groups is 1. The van der Waals surface area contributed by atoms with Crippen LogP contribution in [0.4, 0.5) is 5.69 Å². The summed E-state index contributed by atoms with van der Waals surface area (Å²) in [6.07, 6.45) is 1.33. The van der Waals surface area contributed by atoms with Gasteiger partial charge >= 0.3 is 17.8 Å². The molecule has 0 heterocycles. The number of hydrogen-bond acceptors (Lipinski definition) is 5. The van der Waals surface area contributed by atoms with E-state index in [1.165, 1.54) is 6.21 Å². The number of ether oxygens (including phenoxy) is 1. The topological polar surface area (TPSA) is 96.9 Å². The number of carbonyl (C=O) groups excluding carboxylic acids is 3. The van der Waals surface area contributed by atoms with Crippen molar-refractivity contribution >= 4 is 68.0 Å². The molecule has 2 amide bonds. The first-order valence-corrected chi connectivity index (χ1v) is 11.5. The van der Waals surface area contributed by atoms with Gasteiger partial charge in [0.15, 0.2) is 0 Å². The summed E-state index contributed by atoms with van der Waals surface area (Å²) < 4.78 is 6.44. The number of carbonyl (C=O) groups is 3. The van der Waals surface area contributed by atoms with Crippen molar-refractivity contribution in [3.63, 3.8) is 0 Å². The van der Waals surface area contributed by atoms with Crippen LogP contribution in [-0.4, -0.2) is 24.0 Å². The van der Waals surface area contributed by atoms with Crippen molar-refractivity contribution < 1.29 is 19.1 Å². The van der Waals surface area contributed by atoms with Crippen LogP contribution in [0.15, 0.2) is 94.5 Å². The molecule has 0 aliphatic carbocycles. The zero-order valence-corrected chi connectivity index (χ0v) is 20.3. The Balaban J connectivity index is 1.53. The lowest BCUT2D eigenvalue weighted by atomic mass is 10.0. The second-order valence-electron chi connectivity index (χ2n) is 7.26. The first-order valence-electron chi connectivity index (χ1n) is 10.3. The smallest absolute Gasteiger partial charge is 0.343 e. The molecule has 0 saturated carbocycles. The molecule has 35 heavy (non-hydrogen) atoms. The van der Waals surface area contributed by atoms with E-state index in [4.69, 9.17) is 16.3 Å². The van der Waals surface area contributed by atoms with Gasteiger partial charge in [0.2, 0.25) is 0 Å². The predicted molar refractivity (Wildman–Crippen MR) is 139 cm³/mol. The van der Waals surface area contributed by atoms with Gasteiger partial charge in [-0.25, -0.2) is 10.2 Å². The van der Waals surface area contributed by atoms with Crippen LogP contribution in [0.3, 0.4) is 0 Å². The fourth-order valence-electron chi connectivity index (χ4n) is 3.17. The number of hydrogen-bond donors (Lipinski definition) is 2. The number of esters is 1. The average molecular weight is 551 g/mol. The fourth-order valence-corrected chi connectivity index (χ4v) is 3.56. The van der Waals surface area contributed by atoms with Crippen LogP contribution in [0.25, 0.3) is 10.8 Å². The zero-order valence-electron chi connectivity index (χ0n) is 18.0. The monoisotopic (exact) mass is 549 g/mol. The molecule has 2 N–H and O–H groups in total. The number of benzene rings is 4. The molecule has 4 aromatic carbocycles. The molecule has 0 fully saturated rings. The van der Waals surface area contributed by atoms with Crippen molar-refractivity contribution in [2.24, 2.45) is 5.10 Å². The number of rotatable bonds is 5. The van der Waals surface area contributed by atoms with Crippen LogP contribution in [-0.2, 0) is 9.59 Å². The van der Waals surface area contributed by atoms with Crippen molar-refractivity contribution in [1.29, 1.82) is 0 Å². The van der Waals surface area contributed by atoms with Crippen molar-refractivity contribution in [2.75, 3.05) is 5.32 Å². The molecular weight excluding hydrogens is 534 g/mol. The van der Waals surface area contributed by atoms with Gasteiger partial charge in [-0.3, -0.25) is 9.59 Å². The Morgan fingerprint density at radius 3 is 2.31 bits per heavy atom. The second-order valence-corrected chi connectivity index (χ2v) is 8.61. The Hall–Kier alpha value is -4.01. The summed E-state index contributed by atoms with van der Waals surface area (Å²) in [5.41, 5.74) is 3.44. The standard InChI is InChI=1S/C26H17BrClN3O4/c27-18-8-12-20(13-9-18)30-24(32)25(33)31-29-15-22-21-4-2-1-3-16(21)7-14-23(22)35-26(34)17-5-10-19(28)11-6-17/h1-15H,(H,30,32)(H,31,33). The molecule has 174 valence electrons. The summed E-state index contributed by atoms with van der Waals surface area (Å²) in [4.78, 5) is 37.0. The van der Waals surface area contributed by atoms with Crippen molar-refractivity contribution in [3.05, 3.63) is 106 Å². The minimum Gasteiger partial charge on any atom is -0.422 e. The predicted octanol–water partition coefficient (Wildman–Crippen LogP) is 5.56. The number of fused-ring (bicyclic) bond motifs is 1. The lowest BCUT2D eigenvalue weighted by Gasteiger charge is -2.10. The first-order chi connectivity index (χ1) is 16.9. The van der Waals surface area contributed by atoms with E-state index in [-0.39, 0.29) is 5.75 Å². The summed E-state index contributed by atoms with van der Waals surface area (Å²) in [5.74, 6) is -2.17. The largest absolute Gasteiger partial charge is 0.422 e. The summed E-state index contributed by atoms with van der Waals surface area (Å²) in [5, 5.41) is 8.52. The highest BCUT2D eigenvalue weighted by Crippen LogP contribution is 2.27. The third-order valence-corrected chi connectivity index (χ3v) is 5.66. The van der Waals surface area contributed by atoms with Crippen molar-refractivity contribution in [2.45, 2.75) is 0 Å². The number of anilines is 1. The molecule has 4 aromatic rings.